The van der Waals surface area contributed by atoms with Gasteiger partial charge in [-0.2, -0.15) is 0 Å². The lowest BCUT2D eigenvalue weighted by Crippen LogP contribution is -2.37. The molecule has 0 spiro atoms. The van der Waals surface area contributed by atoms with Crippen LogP contribution in [-0.4, -0.2) is 29.1 Å². The number of nitrogens with zero attached hydrogens (tertiary/aromatic N) is 2. The molecule has 0 radical (unpaired) electrons. The van der Waals surface area contributed by atoms with E-state index < -0.39 is 0 Å². The standard InChI is InChI=1S/C23H26N2O.C2H6/c1-25(17-18-5-3-2-4-6-18)21-8-11-22(12-9-21)26-23-10-7-20-16-24-14-13-19(20)15-23;1-2/h2-7,10,13-16,21-22H,8-9,11-12,17H2,1H3;1-2H3. The number of hydrogen-bond donors (Lipinski definition) is 0. The number of ether oxygens (including phenoxy) is 1. The molecule has 28 heavy (non-hydrogen) atoms. The van der Waals surface area contributed by atoms with E-state index in [1.165, 1.54) is 23.8 Å². The molecular formula is C25H32N2O. The zero-order valence-electron chi connectivity index (χ0n) is 17.3. The molecule has 0 unspecified atom stereocenters. The molecule has 148 valence electrons. The summed E-state index contributed by atoms with van der Waals surface area (Å²) in [6, 6.07) is 19.7. The van der Waals surface area contributed by atoms with Crippen molar-refractivity contribution in [2.24, 2.45) is 0 Å². The first-order chi connectivity index (χ1) is 13.8. The molecule has 1 heterocycles. The third-order valence-corrected chi connectivity index (χ3v) is 5.46. The summed E-state index contributed by atoms with van der Waals surface area (Å²) >= 11 is 0. The highest BCUT2D eigenvalue weighted by molar-refractivity contribution is 5.82. The first kappa shape index (κ1) is 20.3. The quantitative estimate of drug-likeness (QED) is 0.539. The van der Waals surface area contributed by atoms with Crippen LogP contribution in [0.1, 0.15) is 45.1 Å². The second-order valence-corrected chi connectivity index (χ2v) is 7.33. The Morgan fingerprint density at radius 3 is 2.43 bits per heavy atom. The van der Waals surface area contributed by atoms with Crippen LogP contribution in [-0.2, 0) is 6.54 Å². The Hall–Kier alpha value is -2.39. The fourth-order valence-corrected chi connectivity index (χ4v) is 3.93. The third kappa shape index (κ3) is 5.32. The second-order valence-electron chi connectivity index (χ2n) is 7.33. The van der Waals surface area contributed by atoms with Crippen LogP contribution in [0.4, 0.5) is 0 Å². The monoisotopic (exact) mass is 376 g/mol. The van der Waals surface area contributed by atoms with E-state index in [1.54, 1.807) is 0 Å². The molecule has 1 saturated carbocycles. The fourth-order valence-electron chi connectivity index (χ4n) is 3.93. The summed E-state index contributed by atoms with van der Waals surface area (Å²) in [5.74, 6) is 0.977. The van der Waals surface area contributed by atoms with Crippen molar-refractivity contribution in [2.45, 2.75) is 58.2 Å². The zero-order valence-corrected chi connectivity index (χ0v) is 17.3. The lowest BCUT2D eigenvalue weighted by atomic mass is 9.91. The Balaban J connectivity index is 0.00000109. The third-order valence-electron chi connectivity index (χ3n) is 5.46. The SMILES string of the molecule is CC.CN(Cc1ccccc1)C1CCC(Oc2ccc3cnccc3c2)CC1. The maximum absolute atomic E-state index is 6.27. The molecule has 3 heteroatoms. The van der Waals surface area contributed by atoms with E-state index in [0.29, 0.717) is 12.1 Å². The van der Waals surface area contributed by atoms with Crippen molar-refractivity contribution in [1.29, 1.82) is 0 Å². The summed E-state index contributed by atoms with van der Waals surface area (Å²) in [4.78, 5) is 6.66. The van der Waals surface area contributed by atoms with Crippen molar-refractivity contribution in [3.63, 3.8) is 0 Å². The summed E-state index contributed by atoms with van der Waals surface area (Å²) in [7, 11) is 2.25. The molecule has 1 aromatic heterocycles. The lowest BCUT2D eigenvalue weighted by molar-refractivity contribution is 0.0979. The molecule has 2 aromatic carbocycles. The molecule has 1 aliphatic rings. The Labute approximate surface area is 169 Å². The molecule has 3 aromatic rings. The molecule has 0 saturated heterocycles. The number of benzene rings is 2. The van der Waals surface area contributed by atoms with E-state index >= 15 is 0 Å². The Bertz CT molecular complexity index is 841. The van der Waals surface area contributed by atoms with Crippen molar-refractivity contribution in [3.05, 3.63) is 72.6 Å². The largest absolute Gasteiger partial charge is 0.490 e. The molecule has 0 amide bonds. The summed E-state index contributed by atoms with van der Waals surface area (Å²) in [6.45, 7) is 5.02. The van der Waals surface area contributed by atoms with Crippen LogP contribution in [0.15, 0.2) is 67.0 Å². The van der Waals surface area contributed by atoms with Crippen LogP contribution >= 0.6 is 0 Å². The summed E-state index contributed by atoms with van der Waals surface area (Å²) in [5.41, 5.74) is 1.39. The average Bonchev–Trinajstić information content (AvgIpc) is 2.76. The van der Waals surface area contributed by atoms with Gasteiger partial charge >= 0.3 is 0 Å². The molecule has 0 bridgehead atoms. The second kappa shape index (κ2) is 10.2. The van der Waals surface area contributed by atoms with Gasteiger partial charge in [0, 0.05) is 30.4 Å². The fraction of sp³-hybridized carbons (Fsp3) is 0.400. The van der Waals surface area contributed by atoms with Crippen molar-refractivity contribution >= 4 is 10.8 Å². The summed E-state index contributed by atoms with van der Waals surface area (Å²) < 4.78 is 6.27. The summed E-state index contributed by atoms with van der Waals surface area (Å²) in [5, 5.41) is 2.35. The van der Waals surface area contributed by atoms with Crippen LogP contribution in [0.2, 0.25) is 0 Å². The first-order valence-electron chi connectivity index (χ1n) is 10.5. The van der Waals surface area contributed by atoms with Gasteiger partial charge < -0.3 is 4.74 Å². The highest BCUT2D eigenvalue weighted by atomic mass is 16.5. The van der Waals surface area contributed by atoms with Gasteiger partial charge in [-0.25, -0.2) is 0 Å². The number of aromatic nitrogens is 1. The first-order valence-corrected chi connectivity index (χ1v) is 10.5. The van der Waals surface area contributed by atoms with E-state index in [2.05, 4.69) is 65.5 Å². The highest BCUT2D eigenvalue weighted by Crippen LogP contribution is 2.28. The molecule has 0 N–H and O–H groups in total. The lowest BCUT2D eigenvalue weighted by Gasteiger charge is -2.34. The predicted octanol–water partition coefficient (Wildman–Crippen LogP) is 6.08. The topological polar surface area (TPSA) is 25.4 Å². The van der Waals surface area contributed by atoms with Gasteiger partial charge in [-0.3, -0.25) is 9.88 Å². The maximum atomic E-state index is 6.27. The van der Waals surface area contributed by atoms with Gasteiger partial charge in [0.25, 0.3) is 0 Å². The number of hydrogen-bond acceptors (Lipinski definition) is 3. The van der Waals surface area contributed by atoms with Gasteiger partial charge in [0.1, 0.15) is 5.75 Å². The zero-order chi connectivity index (χ0) is 19.8. The number of pyridine rings is 1. The Morgan fingerprint density at radius 2 is 1.68 bits per heavy atom. The van der Waals surface area contributed by atoms with Crippen molar-refractivity contribution in [1.82, 2.24) is 9.88 Å². The van der Waals surface area contributed by atoms with Crippen LogP contribution in [0.5, 0.6) is 5.75 Å². The smallest absolute Gasteiger partial charge is 0.120 e. The maximum Gasteiger partial charge on any atom is 0.120 e. The molecule has 1 fully saturated rings. The molecule has 0 aliphatic heterocycles. The molecule has 3 nitrogen and oxygen atoms in total. The van der Waals surface area contributed by atoms with Crippen LogP contribution < -0.4 is 4.74 Å². The molecular weight excluding hydrogens is 344 g/mol. The van der Waals surface area contributed by atoms with Gasteiger partial charge in [0.2, 0.25) is 0 Å². The van der Waals surface area contributed by atoms with Gasteiger partial charge in [-0.15, -0.1) is 0 Å². The Kier molecular flexibility index (Phi) is 7.44. The van der Waals surface area contributed by atoms with E-state index in [9.17, 15) is 0 Å². The van der Waals surface area contributed by atoms with Gasteiger partial charge in [0.15, 0.2) is 0 Å². The average molecular weight is 377 g/mol. The van der Waals surface area contributed by atoms with E-state index in [0.717, 1.165) is 30.5 Å². The molecule has 0 atom stereocenters. The minimum Gasteiger partial charge on any atom is -0.490 e. The van der Waals surface area contributed by atoms with Crippen molar-refractivity contribution in [2.75, 3.05) is 7.05 Å². The summed E-state index contributed by atoms with van der Waals surface area (Å²) in [6.07, 6.45) is 8.70. The van der Waals surface area contributed by atoms with Gasteiger partial charge in [-0.1, -0.05) is 44.2 Å². The molecule has 1 aliphatic carbocycles. The van der Waals surface area contributed by atoms with Gasteiger partial charge in [-0.05, 0) is 67.9 Å². The van der Waals surface area contributed by atoms with E-state index in [4.69, 9.17) is 4.74 Å². The van der Waals surface area contributed by atoms with Crippen LogP contribution in [0, 0.1) is 0 Å². The van der Waals surface area contributed by atoms with E-state index in [1.807, 2.05) is 32.3 Å². The predicted molar refractivity (Wildman–Crippen MR) is 118 cm³/mol. The minimum atomic E-state index is 0.329. The van der Waals surface area contributed by atoms with Crippen LogP contribution in [0.3, 0.4) is 0 Å². The van der Waals surface area contributed by atoms with E-state index in [-0.39, 0.29) is 0 Å². The number of rotatable bonds is 5. The minimum absolute atomic E-state index is 0.329. The van der Waals surface area contributed by atoms with Gasteiger partial charge in [0.05, 0.1) is 6.10 Å². The Morgan fingerprint density at radius 1 is 0.929 bits per heavy atom. The molecule has 4 rings (SSSR count). The highest BCUT2D eigenvalue weighted by Gasteiger charge is 2.25. The van der Waals surface area contributed by atoms with Crippen molar-refractivity contribution in [3.8, 4) is 5.75 Å². The van der Waals surface area contributed by atoms with Crippen LogP contribution in [0.25, 0.3) is 10.8 Å². The van der Waals surface area contributed by atoms with Crippen molar-refractivity contribution < 1.29 is 4.74 Å². The number of fused-ring (bicyclic) bond motifs is 1. The normalized spacial score (nSPS) is 19.1.